The summed E-state index contributed by atoms with van der Waals surface area (Å²) in [6, 6.07) is 15.9. The van der Waals surface area contributed by atoms with Crippen LogP contribution in [0.4, 0.5) is 0 Å². The van der Waals surface area contributed by atoms with Crippen molar-refractivity contribution in [2.24, 2.45) is 5.92 Å². The molecule has 2 aromatic carbocycles. The second-order valence-electron chi connectivity index (χ2n) is 6.26. The Hall–Kier alpha value is -1.51. The summed E-state index contributed by atoms with van der Waals surface area (Å²) in [6.07, 6.45) is 2.37. The second-order valence-corrected chi connectivity index (χ2v) is 7.07. The molecule has 1 amide bonds. The third kappa shape index (κ3) is 3.45. The summed E-state index contributed by atoms with van der Waals surface area (Å²) in [5.74, 6) is 0.168. The second kappa shape index (κ2) is 7.58. The van der Waals surface area contributed by atoms with E-state index in [0.29, 0.717) is 16.5 Å². The predicted molar refractivity (Wildman–Crippen MR) is 99.5 cm³/mol. The van der Waals surface area contributed by atoms with Crippen LogP contribution in [0.3, 0.4) is 0 Å². The van der Waals surface area contributed by atoms with Gasteiger partial charge in [0.25, 0.3) is 0 Å². The van der Waals surface area contributed by atoms with Crippen LogP contribution in [0.1, 0.15) is 36.9 Å². The zero-order chi connectivity index (χ0) is 17.1. The molecule has 4 heteroatoms. The smallest absolute Gasteiger partial charge is 0.226 e. The maximum absolute atomic E-state index is 12.9. The first kappa shape index (κ1) is 17.3. The lowest BCUT2D eigenvalue weighted by Crippen LogP contribution is -2.32. The fourth-order valence-electron chi connectivity index (χ4n) is 3.55. The Morgan fingerprint density at radius 3 is 2.38 bits per heavy atom. The molecular formula is C20H21Cl2NO. The minimum absolute atomic E-state index is 0.0415. The van der Waals surface area contributed by atoms with Crippen molar-refractivity contribution in [1.29, 1.82) is 0 Å². The number of rotatable bonds is 5. The van der Waals surface area contributed by atoms with Crippen LogP contribution >= 0.6 is 23.2 Å². The van der Waals surface area contributed by atoms with Crippen LogP contribution in [-0.4, -0.2) is 17.4 Å². The van der Waals surface area contributed by atoms with Crippen molar-refractivity contribution in [1.82, 2.24) is 4.90 Å². The Labute approximate surface area is 153 Å². The molecule has 0 N–H and O–H groups in total. The predicted octanol–water partition coefficient (Wildman–Crippen LogP) is 5.54. The molecule has 0 unspecified atom stereocenters. The van der Waals surface area contributed by atoms with Gasteiger partial charge in [-0.05, 0) is 42.5 Å². The molecule has 1 heterocycles. The Balaban J connectivity index is 1.77. The monoisotopic (exact) mass is 361 g/mol. The minimum Gasteiger partial charge on any atom is -0.335 e. The summed E-state index contributed by atoms with van der Waals surface area (Å²) >= 11 is 12.5. The van der Waals surface area contributed by atoms with E-state index in [1.54, 1.807) is 0 Å². The van der Waals surface area contributed by atoms with Crippen molar-refractivity contribution in [3.05, 3.63) is 69.7 Å². The lowest BCUT2D eigenvalue weighted by Gasteiger charge is -2.28. The van der Waals surface area contributed by atoms with Gasteiger partial charge in [-0.3, -0.25) is 4.79 Å². The van der Waals surface area contributed by atoms with Gasteiger partial charge >= 0.3 is 0 Å². The van der Waals surface area contributed by atoms with Gasteiger partial charge in [0.1, 0.15) is 0 Å². The van der Waals surface area contributed by atoms with E-state index in [4.69, 9.17) is 23.2 Å². The summed E-state index contributed by atoms with van der Waals surface area (Å²) < 4.78 is 0. The van der Waals surface area contributed by atoms with Crippen LogP contribution in [0, 0.1) is 5.92 Å². The molecule has 1 aliphatic rings. The van der Waals surface area contributed by atoms with E-state index in [1.807, 2.05) is 41.3 Å². The maximum atomic E-state index is 12.9. The molecule has 24 heavy (non-hydrogen) atoms. The van der Waals surface area contributed by atoms with Crippen LogP contribution in [0.5, 0.6) is 0 Å². The minimum atomic E-state index is -0.0415. The Kier molecular flexibility index (Phi) is 5.47. The summed E-state index contributed by atoms with van der Waals surface area (Å²) in [6.45, 7) is 2.92. The van der Waals surface area contributed by atoms with Gasteiger partial charge in [0.05, 0.1) is 6.04 Å². The lowest BCUT2D eigenvalue weighted by molar-refractivity contribution is -0.133. The van der Waals surface area contributed by atoms with Crippen molar-refractivity contribution in [2.45, 2.75) is 32.2 Å². The van der Waals surface area contributed by atoms with Crippen molar-refractivity contribution in [3.63, 3.8) is 0 Å². The highest BCUT2D eigenvalue weighted by Gasteiger charge is 2.36. The lowest BCUT2D eigenvalue weighted by atomic mass is 9.97. The first-order valence-corrected chi connectivity index (χ1v) is 9.15. The summed E-state index contributed by atoms with van der Waals surface area (Å²) in [5.41, 5.74) is 2.08. The first-order chi connectivity index (χ1) is 11.6. The molecular weight excluding hydrogens is 341 g/mol. The van der Waals surface area contributed by atoms with Gasteiger partial charge < -0.3 is 4.90 Å². The summed E-state index contributed by atoms with van der Waals surface area (Å²) in [5, 5.41) is 1.28. The quantitative estimate of drug-likeness (QED) is 0.684. The number of hydrogen-bond acceptors (Lipinski definition) is 1. The van der Waals surface area contributed by atoms with E-state index < -0.39 is 0 Å². The molecule has 0 saturated carbocycles. The highest BCUT2D eigenvalue weighted by molar-refractivity contribution is 6.36. The molecule has 1 fully saturated rings. The van der Waals surface area contributed by atoms with Gasteiger partial charge in [-0.15, -0.1) is 0 Å². The SMILES string of the molecule is CC[C@H](c1ccccc1)N1CC[C@@H](Cc2c(Cl)cccc2Cl)C1=O. The summed E-state index contributed by atoms with van der Waals surface area (Å²) in [4.78, 5) is 15.0. The van der Waals surface area contributed by atoms with Crippen LogP contribution in [0.15, 0.2) is 48.5 Å². The molecule has 126 valence electrons. The van der Waals surface area contributed by atoms with Gasteiger partial charge in [-0.1, -0.05) is 66.5 Å². The molecule has 0 bridgehead atoms. The molecule has 1 saturated heterocycles. The topological polar surface area (TPSA) is 20.3 Å². The number of hydrogen-bond donors (Lipinski definition) is 0. The van der Waals surface area contributed by atoms with Crippen molar-refractivity contribution in [2.75, 3.05) is 6.54 Å². The van der Waals surface area contributed by atoms with Gasteiger partial charge in [-0.25, -0.2) is 0 Å². The molecule has 3 rings (SSSR count). The zero-order valence-corrected chi connectivity index (χ0v) is 15.2. The van der Waals surface area contributed by atoms with Crippen LogP contribution in [-0.2, 0) is 11.2 Å². The van der Waals surface area contributed by atoms with E-state index >= 15 is 0 Å². The number of amides is 1. The molecule has 2 atom stereocenters. The number of carbonyl (C=O) groups is 1. The van der Waals surface area contributed by atoms with Crippen molar-refractivity contribution >= 4 is 29.1 Å². The molecule has 0 spiro atoms. The number of nitrogens with zero attached hydrogens (tertiary/aromatic N) is 1. The largest absolute Gasteiger partial charge is 0.335 e. The highest BCUT2D eigenvalue weighted by atomic mass is 35.5. The van der Waals surface area contributed by atoms with Gasteiger partial charge in [0, 0.05) is 22.5 Å². The number of carbonyl (C=O) groups excluding carboxylic acids is 1. The van der Waals surface area contributed by atoms with Crippen molar-refractivity contribution < 1.29 is 4.79 Å². The fraction of sp³-hybridized carbons (Fsp3) is 0.350. The number of benzene rings is 2. The molecule has 1 aliphatic heterocycles. The molecule has 2 aromatic rings. The fourth-order valence-corrected chi connectivity index (χ4v) is 4.10. The van der Waals surface area contributed by atoms with E-state index in [-0.39, 0.29) is 17.9 Å². The molecule has 0 aromatic heterocycles. The molecule has 0 aliphatic carbocycles. The van der Waals surface area contributed by atoms with E-state index in [1.165, 1.54) is 5.56 Å². The van der Waals surface area contributed by atoms with E-state index in [0.717, 1.165) is 24.9 Å². The van der Waals surface area contributed by atoms with Crippen molar-refractivity contribution in [3.8, 4) is 0 Å². The Morgan fingerprint density at radius 1 is 1.08 bits per heavy atom. The standard InChI is InChI=1S/C20H21Cl2NO/c1-2-19(14-7-4-3-5-8-14)23-12-11-15(20(23)24)13-16-17(21)9-6-10-18(16)22/h3-10,15,19H,2,11-13H2,1H3/t15-,19+/m0/s1. The molecule has 2 nitrogen and oxygen atoms in total. The average molecular weight is 362 g/mol. The van der Waals surface area contributed by atoms with Gasteiger partial charge in [-0.2, -0.15) is 0 Å². The van der Waals surface area contributed by atoms with Gasteiger partial charge in [0.15, 0.2) is 0 Å². The summed E-state index contributed by atoms with van der Waals surface area (Å²) in [7, 11) is 0. The number of likely N-dealkylation sites (tertiary alicyclic amines) is 1. The van der Waals surface area contributed by atoms with Gasteiger partial charge in [0.2, 0.25) is 5.91 Å². The van der Waals surface area contributed by atoms with E-state index in [9.17, 15) is 4.79 Å². The van der Waals surface area contributed by atoms with Crippen LogP contribution in [0.25, 0.3) is 0 Å². The maximum Gasteiger partial charge on any atom is 0.226 e. The zero-order valence-electron chi connectivity index (χ0n) is 13.7. The van der Waals surface area contributed by atoms with Crippen LogP contribution in [0.2, 0.25) is 10.0 Å². The third-order valence-corrected chi connectivity index (χ3v) is 5.52. The average Bonchev–Trinajstić information content (AvgIpc) is 2.94. The Bertz CT molecular complexity index is 697. The number of halogens is 2. The molecule has 0 radical (unpaired) electrons. The van der Waals surface area contributed by atoms with Crippen LogP contribution < -0.4 is 0 Å². The van der Waals surface area contributed by atoms with E-state index in [2.05, 4.69) is 19.1 Å². The Morgan fingerprint density at radius 2 is 1.75 bits per heavy atom. The third-order valence-electron chi connectivity index (χ3n) is 4.81. The normalized spacial score (nSPS) is 18.9. The first-order valence-electron chi connectivity index (χ1n) is 8.40. The highest BCUT2D eigenvalue weighted by Crippen LogP contribution is 2.35.